The molecule has 0 aliphatic rings. The van der Waals surface area contributed by atoms with Crippen molar-refractivity contribution in [2.75, 3.05) is 50.2 Å². The predicted octanol–water partition coefficient (Wildman–Crippen LogP) is 1.60. The van der Waals surface area contributed by atoms with Crippen molar-refractivity contribution < 1.29 is 9.47 Å². The molecule has 0 spiro atoms. The van der Waals surface area contributed by atoms with E-state index in [0.717, 1.165) is 36.4 Å². The highest BCUT2D eigenvalue weighted by atomic mass is 32.1. The zero-order valence-electron chi connectivity index (χ0n) is 10.5. The van der Waals surface area contributed by atoms with E-state index in [1.165, 1.54) is 11.3 Å². The highest BCUT2D eigenvalue weighted by molar-refractivity contribution is 7.19. The molecule has 17 heavy (non-hydrogen) atoms. The third-order valence-electron chi connectivity index (χ3n) is 2.20. The number of rotatable bonds is 9. The van der Waals surface area contributed by atoms with Crippen molar-refractivity contribution in [2.24, 2.45) is 0 Å². The Kier molecular flexibility index (Phi) is 6.91. The van der Waals surface area contributed by atoms with Crippen LogP contribution in [0.5, 0.6) is 0 Å². The van der Waals surface area contributed by atoms with Crippen LogP contribution >= 0.6 is 11.3 Å². The van der Waals surface area contributed by atoms with Gasteiger partial charge in [-0.15, -0.1) is 0 Å². The number of hydrogen-bond donors (Lipinski definition) is 1. The van der Waals surface area contributed by atoms with E-state index in [4.69, 9.17) is 15.2 Å². The zero-order chi connectivity index (χ0) is 12.5. The van der Waals surface area contributed by atoms with Gasteiger partial charge < -0.3 is 20.1 Å². The fraction of sp³-hybridized carbons (Fsp3) is 0.727. The minimum absolute atomic E-state index is 0.697. The lowest BCUT2D eigenvalue weighted by Crippen LogP contribution is -2.31. The zero-order valence-corrected chi connectivity index (χ0v) is 11.3. The molecule has 0 aromatic carbocycles. The number of ether oxygens (including phenoxy) is 2. The van der Waals surface area contributed by atoms with E-state index < -0.39 is 0 Å². The Morgan fingerprint density at radius 3 is 2.24 bits per heavy atom. The Balaban J connectivity index is 2.46. The molecule has 1 heterocycles. The number of nitrogens with zero attached hydrogens (tertiary/aromatic N) is 2. The summed E-state index contributed by atoms with van der Waals surface area (Å²) in [7, 11) is 0. The summed E-state index contributed by atoms with van der Waals surface area (Å²) in [5.74, 6) is 0. The summed E-state index contributed by atoms with van der Waals surface area (Å²) in [6.45, 7) is 8.47. The second-order valence-electron chi connectivity index (χ2n) is 3.43. The first-order chi connectivity index (χ1) is 8.27. The minimum atomic E-state index is 0.697. The molecular weight excluding hydrogens is 238 g/mol. The highest BCUT2D eigenvalue weighted by Gasteiger charge is 2.10. The molecule has 0 atom stereocenters. The SMILES string of the molecule is CCOCCN(CCOCC)c1ncc(N)s1. The van der Waals surface area contributed by atoms with Crippen LogP contribution in [0, 0.1) is 0 Å². The van der Waals surface area contributed by atoms with E-state index in [-0.39, 0.29) is 0 Å². The topological polar surface area (TPSA) is 60.6 Å². The van der Waals surface area contributed by atoms with E-state index in [0.29, 0.717) is 13.2 Å². The Morgan fingerprint density at radius 1 is 1.24 bits per heavy atom. The van der Waals surface area contributed by atoms with Crippen molar-refractivity contribution in [3.05, 3.63) is 6.20 Å². The van der Waals surface area contributed by atoms with Crippen LogP contribution in [0.3, 0.4) is 0 Å². The molecular formula is C11H21N3O2S. The molecule has 1 aromatic heterocycles. The van der Waals surface area contributed by atoms with Gasteiger partial charge in [0.2, 0.25) is 0 Å². The van der Waals surface area contributed by atoms with Crippen LogP contribution < -0.4 is 10.6 Å². The Bertz CT molecular complexity index is 297. The maximum absolute atomic E-state index is 5.69. The fourth-order valence-electron chi connectivity index (χ4n) is 1.36. The summed E-state index contributed by atoms with van der Waals surface area (Å²) in [6, 6.07) is 0. The molecule has 0 bridgehead atoms. The quantitative estimate of drug-likeness (QED) is 0.683. The highest BCUT2D eigenvalue weighted by Crippen LogP contribution is 2.23. The van der Waals surface area contributed by atoms with Gasteiger partial charge in [0.15, 0.2) is 5.13 Å². The largest absolute Gasteiger partial charge is 0.389 e. The molecule has 6 heteroatoms. The van der Waals surface area contributed by atoms with E-state index in [1.807, 2.05) is 13.8 Å². The first kappa shape index (κ1) is 14.2. The number of aromatic nitrogens is 1. The lowest BCUT2D eigenvalue weighted by molar-refractivity contribution is 0.141. The van der Waals surface area contributed by atoms with Gasteiger partial charge in [-0.3, -0.25) is 0 Å². The van der Waals surface area contributed by atoms with Gasteiger partial charge in [-0.1, -0.05) is 11.3 Å². The smallest absolute Gasteiger partial charge is 0.187 e. The van der Waals surface area contributed by atoms with Crippen molar-refractivity contribution in [3.8, 4) is 0 Å². The van der Waals surface area contributed by atoms with E-state index in [1.54, 1.807) is 6.20 Å². The fourth-order valence-corrected chi connectivity index (χ4v) is 2.10. The van der Waals surface area contributed by atoms with E-state index >= 15 is 0 Å². The monoisotopic (exact) mass is 259 g/mol. The van der Waals surface area contributed by atoms with Gasteiger partial charge in [0.05, 0.1) is 19.4 Å². The van der Waals surface area contributed by atoms with E-state index in [2.05, 4.69) is 9.88 Å². The lowest BCUT2D eigenvalue weighted by Gasteiger charge is -2.21. The molecule has 0 saturated carbocycles. The standard InChI is InChI=1S/C11H21N3O2S/c1-3-15-7-5-14(6-8-16-4-2)11-13-9-10(12)17-11/h9H,3-8,12H2,1-2H3. The average molecular weight is 259 g/mol. The third-order valence-corrected chi connectivity index (χ3v) is 3.09. The van der Waals surface area contributed by atoms with Gasteiger partial charge in [-0.2, -0.15) is 0 Å². The number of thiazole rings is 1. The van der Waals surface area contributed by atoms with Crippen LogP contribution in [-0.2, 0) is 9.47 Å². The van der Waals surface area contributed by atoms with Crippen LogP contribution in [0.25, 0.3) is 0 Å². The van der Waals surface area contributed by atoms with Gasteiger partial charge in [0.25, 0.3) is 0 Å². The maximum atomic E-state index is 5.69. The molecule has 2 N–H and O–H groups in total. The average Bonchev–Trinajstić information content (AvgIpc) is 2.74. The number of anilines is 2. The molecule has 0 radical (unpaired) electrons. The summed E-state index contributed by atoms with van der Waals surface area (Å²) in [5, 5.41) is 1.67. The van der Waals surface area contributed by atoms with Crippen LogP contribution in [-0.4, -0.2) is 44.5 Å². The molecule has 0 aliphatic heterocycles. The van der Waals surface area contributed by atoms with Gasteiger partial charge >= 0.3 is 0 Å². The molecule has 98 valence electrons. The number of hydrogen-bond acceptors (Lipinski definition) is 6. The molecule has 0 saturated heterocycles. The summed E-state index contributed by atoms with van der Waals surface area (Å²) in [5.41, 5.74) is 5.69. The third kappa shape index (κ3) is 5.34. The number of nitrogen functional groups attached to an aromatic ring is 1. The molecule has 0 amide bonds. The van der Waals surface area contributed by atoms with Gasteiger partial charge in [0, 0.05) is 26.3 Å². The second kappa shape index (κ2) is 8.27. The normalized spacial score (nSPS) is 10.7. The summed E-state index contributed by atoms with van der Waals surface area (Å²) in [6.07, 6.45) is 1.69. The van der Waals surface area contributed by atoms with Crippen molar-refractivity contribution in [1.82, 2.24) is 4.98 Å². The predicted molar refractivity (Wildman–Crippen MR) is 71.7 cm³/mol. The van der Waals surface area contributed by atoms with Gasteiger partial charge in [-0.25, -0.2) is 4.98 Å². The second-order valence-corrected chi connectivity index (χ2v) is 4.47. The summed E-state index contributed by atoms with van der Waals surface area (Å²) in [4.78, 5) is 6.43. The van der Waals surface area contributed by atoms with Crippen molar-refractivity contribution in [2.45, 2.75) is 13.8 Å². The van der Waals surface area contributed by atoms with E-state index in [9.17, 15) is 0 Å². The maximum Gasteiger partial charge on any atom is 0.187 e. The summed E-state index contributed by atoms with van der Waals surface area (Å²) < 4.78 is 10.7. The summed E-state index contributed by atoms with van der Waals surface area (Å²) >= 11 is 1.49. The Morgan fingerprint density at radius 2 is 1.82 bits per heavy atom. The van der Waals surface area contributed by atoms with Gasteiger partial charge in [0.1, 0.15) is 5.00 Å². The minimum Gasteiger partial charge on any atom is -0.389 e. The molecule has 1 rings (SSSR count). The van der Waals surface area contributed by atoms with Crippen LogP contribution in [0.1, 0.15) is 13.8 Å². The van der Waals surface area contributed by atoms with Crippen LogP contribution in [0.2, 0.25) is 0 Å². The molecule has 0 fully saturated rings. The van der Waals surface area contributed by atoms with Gasteiger partial charge in [-0.05, 0) is 13.8 Å². The Labute approximate surface area is 107 Å². The van der Waals surface area contributed by atoms with Crippen molar-refractivity contribution in [3.63, 3.8) is 0 Å². The molecule has 1 aromatic rings. The first-order valence-corrected chi connectivity index (χ1v) is 6.71. The lowest BCUT2D eigenvalue weighted by atomic mass is 10.5. The first-order valence-electron chi connectivity index (χ1n) is 5.89. The number of nitrogens with two attached hydrogens (primary N) is 1. The Hall–Kier alpha value is -0.850. The molecule has 0 aliphatic carbocycles. The van der Waals surface area contributed by atoms with Crippen molar-refractivity contribution >= 4 is 21.5 Å². The van der Waals surface area contributed by atoms with Crippen molar-refractivity contribution in [1.29, 1.82) is 0 Å². The van der Waals surface area contributed by atoms with Crippen LogP contribution in [0.4, 0.5) is 10.1 Å². The molecule has 5 nitrogen and oxygen atoms in total. The van der Waals surface area contributed by atoms with Crippen LogP contribution in [0.15, 0.2) is 6.20 Å². The molecule has 0 unspecified atom stereocenters.